The van der Waals surface area contributed by atoms with Gasteiger partial charge in [0.05, 0.1) is 42.6 Å². The van der Waals surface area contributed by atoms with Crippen LogP contribution in [0, 0.1) is 0 Å². The van der Waals surface area contributed by atoms with Crippen molar-refractivity contribution in [2.45, 2.75) is 47.3 Å². The van der Waals surface area contributed by atoms with Crippen LogP contribution in [-0.2, 0) is 39.3 Å². The van der Waals surface area contributed by atoms with Gasteiger partial charge >= 0.3 is 0 Å². The van der Waals surface area contributed by atoms with Gasteiger partial charge in [-0.3, -0.25) is 0 Å². The molecule has 0 spiro atoms. The molecule has 0 saturated heterocycles. The van der Waals surface area contributed by atoms with Crippen molar-refractivity contribution in [3.63, 3.8) is 0 Å². The van der Waals surface area contributed by atoms with Crippen LogP contribution < -0.4 is 0 Å². The predicted octanol–water partition coefficient (Wildman–Crippen LogP) is 0.861. The molecule has 0 aliphatic carbocycles. The molecule has 0 aromatic heterocycles. The van der Waals surface area contributed by atoms with E-state index in [1.165, 1.54) is 27.7 Å². The third kappa shape index (κ3) is 4.29. The monoisotopic (exact) mass is 446 g/mol. The van der Waals surface area contributed by atoms with Crippen LogP contribution in [0.3, 0.4) is 0 Å². The molecule has 0 atom stereocenters. The SMILES string of the molecule is CCS(=O)(=O)c1cc(S(=O)(=O)CC)c(S(=O)(=O)CC)cc1S(=O)(=O)CC. The van der Waals surface area contributed by atoms with Crippen LogP contribution in [0.2, 0.25) is 0 Å². The predicted molar refractivity (Wildman–Crippen MR) is 97.3 cm³/mol. The fraction of sp³-hybridized carbons (Fsp3) is 0.571. The van der Waals surface area contributed by atoms with Gasteiger partial charge in [-0.2, -0.15) is 0 Å². The Morgan fingerprint density at radius 3 is 0.731 bits per heavy atom. The molecule has 0 unspecified atom stereocenters. The Hall–Kier alpha value is -0.980. The molecular formula is C14H22O8S4. The summed E-state index contributed by atoms with van der Waals surface area (Å²) in [4.78, 5) is -2.76. The summed E-state index contributed by atoms with van der Waals surface area (Å²) >= 11 is 0. The Balaban J connectivity index is 4.30. The molecule has 12 heteroatoms. The molecule has 1 aromatic carbocycles. The van der Waals surface area contributed by atoms with Crippen LogP contribution in [-0.4, -0.2) is 56.7 Å². The van der Waals surface area contributed by atoms with Crippen molar-refractivity contribution < 1.29 is 33.7 Å². The summed E-state index contributed by atoms with van der Waals surface area (Å²) in [6.07, 6.45) is 0. The first-order valence-corrected chi connectivity index (χ1v) is 14.4. The van der Waals surface area contributed by atoms with Crippen molar-refractivity contribution >= 4 is 39.3 Å². The normalized spacial score (nSPS) is 13.7. The minimum atomic E-state index is -4.12. The van der Waals surface area contributed by atoms with Gasteiger partial charge in [-0.05, 0) is 12.1 Å². The lowest BCUT2D eigenvalue weighted by atomic mass is 10.3. The van der Waals surface area contributed by atoms with Gasteiger partial charge in [-0.25, -0.2) is 33.7 Å². The fourth-order valence-electron chi connectivity index (χ4n) is 2.12. The van der Waals surface area contributed by atoms with Gasteiger partial charge in [-0.15, -0.1) is 0 Å². The van der Waals surface area contributed by atoms with Gasteiger partial charge in [0, 0.05) is 0 Å². The Labute approximate surface area is 155 Å². The fourth-order valence-corrected chi connectivity index (χ4v) is 7.69. The molecular weight excluding hydrogens is 424 g/mol. The van der Waals surface area contributed by atoms with Crippen LogP contribution in [0.4, 0.5) is 0 Å². The Kier molecular flexibility index (Phi) is 6.71. The summed E-state index contributed by atoms with van der Waals surface area (Å²) in [5.41, 5.74) is 0. The van der Waals surface area contributed by atoms with E-state index in [1.807, 2.05) is 0 Å². The van der Waals surface area contributed by atoms with Crippen LogP contribution in [0.15, 0.2) is 31.7 Å². The van der Waals surface area contributed by atoms with Crippen LogP contribution in [0.1, 0.15) is 27.7 Å². The highest BCUT2D eigenvalue weighted by molar-refractivity contribution is 7.95. The minimum absolute atomic E-state index is 0.468. The van der Waals surface area contributed by atoms with Crippen molar-refractivity contribution in [3.05, 3.63) is 12.1 Å². The molecule has 0 amide bonds. The van der Waals surface area contributed by atoms with E-state index in [-0.39, 0.29) is 0 Å². The largest absolute Gasteiger partial charge is 0.224 e. The molecule has 0 saturated carbocycles. The lowest BCUT2D eigenvalue weighted by Gasteiger charge is -2.16. The van der Waals surface area contributed by atoms with Crippen molar-refractivity contribution in [2.75, 3.05) is 23.0 Å². The molecule has 1 aromatic rings. The lowest BCUT2D eigenvalue weighted by molar-refractivity contribution is 0.575. The third-order valence-electron chi connectivity index (χ3n) is 3.87. The first-order valence-electron chi connectivity index (χ1n) is 7.79. The topological polar surface area (TPSA) is 137 Å². The van der Waals surface area contributed by atoms with E-state index in [1.54, 1.807) is 0 Å². The van der Waals surface area contributed by atoms with E-state index in [4.69, 9.17) is 0 Å². The standard InChI is InChI=1S/C14H22O8S4/c1-5-23(15,16)11-9-13(25(19,20)7-3)14(26(21,22)8-4)10-12(11)24(17,18)6-2/h9-10H,5-8H2,1-4H3. The highest BCUT2D eigenvalue weighted by Crippen LogP contribution is 2.33. The maximum Gasteiger partial charge on any atom is 0.179 e. The van der Waals surface area contributed by atoms with Gasteiger partial charge < -0.3 is 0 Å². The molecule has 0 aliphatic rings. The lowest BCUT2D eigenvalue weighted by Crippen LogP contribution is -2.19. The summed E-state index contributed by atoms with van der Waals surface area (Å²) < 4.78 is 99.0. The molecule has 0 aliphatic heterocycles. The molecule has 0 N–H and O–H groups in total. The van der Waals surface area contributed by atoms with Crippen LogP contribution in [0.25, 0.3) is 0 Å². The molecule has 26 heavy (non-hydrogen) atoms. The summed E-state index contributed by atoms with van der Waals surface area (Å²) in [7, 11) is -16.5. The Bertz CT molecular complexity index is 931. The summed E-state index contributed by atoms with van der Waals surface area (Å²) in [5, 5.41) is 0. The van der Waals surface area contributed by atoms with Gasteiger partial charge in [0.15, 0.2) is 39.3 Å². The van der Waals surface area contributed by atoms with E-state index >= 15 is 0 Å². The van der Waals surface area contributed by atoms with E-state index in [9.17, 15) is 33.7 Å². The zero-order valence-electron chi connectivity index (χ0n) is 14.9. The highest BCUT2D eigenvalue weighted by atomic mass is 32.2. The van der Waals surface area contributed by atoms with E-state index in [0.29, 0.717) is 12.1 Å². The molecule has 0 fully saturated rings. The van der Waals surface area contributed by atoms with Crippen LogP contribution >= 0.6 is 0 Å². The number of hydrogen-bond donors (Lipinski definition) is 0. The second kappa shape index (κ2) is 7.56. The average molecular weight is 447 g/mol. The van der Waals surface area contributed by atoms with Crippen LogP contribution in [0.5, 0.6) is 0 Å². The molecule has 150 valence electrons. The number of hydrogen-bond acceptors (Lipinski definition) is 8. The smallest absolute Gasteiger partial charge is 0.179 e. The van der Waals surface area contributed by atoms with Crippen molar-refractivity contribution in [1.82, 2.24) is 0 Å². The maximum atomic E-state index is 12.4. The van der Waals surface area contributed by atoms with Gasteiger partial charge in [0.2, 0.25) is 0 Å². The maximum absolute atomic E-state index is 12.4. The second-order valence-corrected chi connectivity index (χ2v) is 14.3. The number of sulfone groups is 4. The zero-order chi connectivity index (χ0) is 20.6. The molecule has 0 heterocycles. The molecule has 0 radical (unpaired) electrons. The van der Waals surface area contributed by atoms with E-state index in [2.05, 4.69) is 0 Å². The Morgan fingerprint density at radius 2 is 0.615 bits per heavy atom. The van der Waals surface area contributed by atoms with Crippen molar-refractivity contribution in [2.24, 2.45) is 0 Å². The highest BCUT2D eigenvalue weighted by Gasteiger charge is 2.33. The van der Waals surface area contributed by atoms with Gasteiger partial charge in [0.1, 0.15) is 0 Å². The van der Waals surface area contributed by atoms with Crippen molar-refractivity contribution in [1.29, 1.82) is 0 Å². The first kappa shape index (κ1) is 23.1. The summed E-state index contributed by atoms with van der Waals surface area (Å²) in [6.45, 7) is 5.12. The van der Waals surface area contributed by atoms with Gasteiger partial charge in [-0.1, -0.05) is 27.7 Å². The van der Waals surface area contributed by atoms with Gasteiger partial charge in [0.25, 0.3) is 0 Å². The molecule has 8 nitrogen and oxygen atoms in total. The third-order valence-corrected chi connectivity index (χ3v) is 11.2. The van der Waals surface area contributed by atoms with Crippen molar-refractivity contribution in [3.8, 4) is 0 Å². The zero-order valence-corrected chi connectivity index (χ0v) is 18.1. The molecule has 0 bridgehead atoms. The summed E-state index contributed by atoms with van der Waals surface area (Å²) in [6, 6.07) is 1.34. The average Bonchev–Trinajstić information content (AvgIpc) is 2.60. The minimum Gasteiger partial charge on any atom is -0.224 e. The number of rotatable bonds is 8. The van der Waals surface area contributed by atoms with E-state index in [0.717, 1.165) is 0 Å². The Morgan fingerprint density at radius 1 is 0.462 bits per heavy atom. The quantitative estimate of drug-likeness (QED) is 0.573. The molecule has 1 rings (SSSR count). The summed E-state index contributed by atoms with van der Waals surface area (Å²) in [5.74, 6) is -1.87. The number of benzene rings is 1. The second-order valence-electron chi connectivity index (χ2n) is 5.36. The first-order chi connectivity index (χ1) is 11.7. The van der Waals surface area contributed by atoms with E-state index < -0.39 is 81.9 Å².